The molecular formula is C12H16N2O3S2. The van der Waals surface area contributed by atoms with Gasteiger partial charge < -0.3 is 10.2 Å². The highest BCUT2D eigenvalue weighted by Gasteiger charge is 2.19. The molecule has 2 aromatic rings. The van der Waals surface area contributed by atoms with Crippen LogP contribution in [-0.4, -0.2) is 15.0 Å². The third kappa shape index (κ3) is 3.44. The predicted octanol–water partition coefficient (Wildman–Crippen LogP) is 1.63. The smallest absolute Gasteiger partial charge is 0.241 e. The molecule has 0 radical (unpaired) electrons. The van der Waals surface area contributed by atoms with Crippen molar-refractivity contribution in [3.63, 3.8) is 0 Å². The van der Waals surface area contributed by atoms with Crippen molar-refractivity contribution < 1.29 is 12.8 Å². The molecule has 2 rings (SSSR count). The van der Waals surface area contributed by atoms with Crippen LogP contribution in [0.4, 0.5) is 0 Å². The molecule has 104 valence electrons. The van der Waals surface area contributed by atoms with Crippen molar-refractivity contribution in [1.82, 2.24) is 4.72 Å². The first-order chi connectivity index (χ1) is 9.03. The quantitative estimate of drug-likeness (QED) is 0.849. The summed E-state index contributed by atoms with van der Waals surface area (Å²) in [4.78, 5) is 1.94. The van der Waals surface area contributed by atoms with Gasteiger partial charge in [-0.3, -0.25) is 0 Å². The molecule has 5 nitrogen and oxygen atoms in total. The van der Waals surface area contributed by atoms with E-state index in [9.17, 15) is 8.42 Å². The number of hydrogen-bond acceptors (Lipinski definition) is 5. The van der Waals surface area contributed by atoms with Gasteiger partial charge >= 0.3 is 0 Å². The summed E-state index contributed by atoms with van der Waals surface area (Å²) in [6.07, 6.45) is 2.10. The Morgan fingerprint density at radius 2 is 2.26 bits per heavy atom. The van der Waals surface area contributed by atoms with Gasteiger partial charge in [-0.15, -0.1) is 11.3 Å². The third-order valence-electron chi connectivity index (χ3n) is 2.66. The number of nitrogens with two attached hydrogens (primary N) is 1. The number of rotatable bonds is 6. The van der Waals surface area contributed by atoms with Gasteiger partial charge in [0.1, 0.15) is 5.76 Å². The Labute approximate surface area is 116 Å². The molecule has 0 aromatic carbocycles. The lowest BCUT2D eigenvalue weighted by atomic mass is 10.3. The average Bonchev–Trinajstić information content (AvgIpc) is 2.98. The lowest BCUT2D eigenvalue weighted by molar-refractivity contribution is 0.506. The standard InChI is InChI=1S/C12H16N2O3S2/c1-9-12(7-11(8-13)18-9)19(15,16)14-5-4-10-3-2-6-17-10/h2-3,6-7,14H,4-5,8,13H2,1H3. The van der Waals surface area contributed by atoms with Crippen molar-refractivity contribution in [3.05, 3.63) is 40.0 Å². The van der Waals surface area contributed by atoms with Gasteiger partial charge in [-0.2, -0.15) is 0 Å². The van der Waals surface area contributed by atoms with E-state index in [1.807, 2.05) is 6.07 Å². The first-order valence-electron chi connectivity index (χ1n) is 5.84. The highest BCUT2D eigenvalue weighted by Crippen LogP contribution is 2.25. The van der Waals surface area contributed by atoms with Crippen molar-refractivity contribution in [2.45, 2.75) is 24.8 Å². The molecule has 0 unspecified atom stereocenters. The van der Waals surface area contributed by atoms with Crippen molar-refractivity contribution in [3.8, 4) is 0 Å². The fraction of sp³-hybridized carbons (Fsp3) is 0.333. The van der Waals surface area contributed by atoms with Gasteiger partial charge in [-0.1, -0.05) is 0 Å². The number of hydrogen-bond donors (Lipinski definition) is 2. The summed E-state index contributed by atoms with van der Waals surface area (Å²) in [5, 5.41) is 0. The second-order valence-electron chi connectivity index (χ2n) is 4.06. The van der Waals surface area contributed by atoms with E-state index in [1.165, 1.54) is 11.3 Å². The molecule has 7 heteroatoms. The highest BCUT2D eigenvalue weighted by atomic mass is 32.2. The Bertz CT molecular complexity index is 630. The van der Waals surface area contributed by atoms with E-state index in [4.69, 9.17) is 10.2 Å². The number of thiophene rings is 1. The van der Waals surface area contributed by atoms with Crippen LogP contribution in [0.3, 0.4) is 0 Å². The van der Waals surface area contributed by atoms with Crippen LogP contribution >= 0.6 is 11.3 Å². The zero-order valence-electron chi connectivity index (χ0n) is 10.5. The molecule has 3 N–H and O–H groups in total. The zero-order chi connectivity index (χ0) is 13.9. The van der Waals surface area contributed by atoms with Gasteiger partial charge in [0.15, 0.2) is 0 Å². The summed E-state index contributed by atoms with van der Waals surface area (Å²) in [5.41, 5.74) is 5.52. The Balaban J connectivity index is 2.03. The second kappa shape index (κ2) is 5.87. The molecule has 0 saturated carbocycles. The molecule has 2 aromatic heterocycles. The summed E-state index contributed by atoms with van der Waals surface area (Å²) in [5.74, 6) is 0.757. The lowest BCUT2D eigenvalue weighted by Gasteiger charge is -2.04. The molecule has 0 amide bonds. The maximum absolute atomic E-state index is 12.1. The first kappa shape index (κ1) is 14.3. The van der Waals surface area contributed by atoms with E-state index in [2.05, 4.69) is 4.72 Å². The van der Waals surface area contributed by atoms with E-state index < -0.39 is 10.0 Å². The Morgan fingerprint density at radius 3 is 2.84 bits per heavy atom. The van der Waals surface area contributed by atoms with Gasteiger partial charge in [-0.25, -0.2) is 13.1 Å². The summed E-state index contributed by atoms with van der Waals surface area (Å²) >= 11 is 1.41. The Hall–Kier alpha value is -1.15. The molecule has 0 aliphatic rings. The molecule has 0 aliphatic carbocycles. The van der Waals surface area contributed by atoms with E-state index in [-0.39, 0.29) is 0 Å². The lowest BCUT2D eigenvalue weighted by Crippen LogP contribution is -2.26. The minimum Gasteiger partial charge on any atom is -0.469 e. The molecule has 0 bridgehead atoms. The minimum absolute atomic E-state index is 0.309. The SMILES string of the molecule is Cc1sc(CN)cc1S(=O)(=O)NCCc1ccco1. The zero-order valence-corrected chi connectivity index (χ0v) is 12.2. The summed E-state index contributed by atoms with van der Waals surface area (Å²) in [7, 11) is -3.47. The second-order valence-corrected chi connectivity index (χ2v) is 7.14. The van der Waals surface area contributed by atoms with Gasteiger partial charge in [0.05, 0.1) is 11.2 Å². The predicted molar refractivity (Wildman–Crippen MR) is 74.5 cm³/mol. The van der Waals surface area contributed by atoms with Crippen LogP contribution in [0.5, 0.6) is 0 Å². The van der Waals surface area contributed by atoms with E-state index in [1.54, 1.807) is 25.3 Å². The largest absolute Gasteiger partial charge is 0.469 e. The fourth-order valence-electron chi connectivity index (χ4n) is 1.73. The normalized spacial score (nSPS) is 11.9. The van der Waals surface area contributed by atoms with Crippen LogP contribution in [0, 0.1) is 6.92 Å². The van der Waals surface area contributed by atoms with Crippen LogP contribution in [-0.2, 0) is 23.0 Å². The summed E-state index contributed by atoms with van der Waals surface area (Å²) < 4.78 is 32.0. The van der Waals surface area contributed by atoms with Crippen molar-refractivity contribution in [2.24, 2.45) is 5.73 Å². The van der Waals surface area contributed by atoms with Crippen LogP contribution in [0.1, 0.15) is 15.5 Å². The number of aryl methyl sites for hydroxylation is 1. The highest BCUT2D eigenvalue weighted by molar-refractivity contribution is 7.89. The molecule has 0 fully saturated rings. The molecule has 19 heavy (non-hydrogen) atoms. The molecule has 0 aliphatic heterocycles. The van der Waals surface area contributed by atoms with E-state index in [0.717, 1.165) is 15.5 Å². The summed E-state index contributed by atoms with van der Waals surface area (Å²) in [6, 6.07) is 5.23. The number of nitrogens with one attached hydrogen (secondary N) is 1. The monoisotopic (exact) mass is 300 g/mol. The maximum Gasteiger partial charge on any atom is 0.241 e. The van der Waals surface area contributed by atoms with Gasteiger partial charge in [0.2, 0.25) is 10.0 Å². The molecule has 2 heterocycles. The number of sulfonamides is 1. The molecule has 0 saturated heterocycles. The van der Waals surface area contributed by atoms with Crippen molar-refractivity contribution in [2.75, 3.05) is 6.54 Å². The Kier molecular flexibility index (Phi) is 4.41. The first-order valence-corrected chi connectivity index (χ1v) is 8.14. The van der Waals surface area contributed by atoms with Crippen LogP contribution in [0.25, 0.3) is 0 Å². The molecular weight excluding hydrogens is 284 g/mol. The van der Waals surface area contributed by atoms with Gasteiger partial charge in [0, 0.05) is 29.3 Å². The van der Waals surface area contributed by atoms with Crippen molar-refractivity contribution in [1.29, 1.82) is 0 Å². The third-order valence-corrected chi connectivity index (χ3v) is 5.45. The average molecular weight is 300 g/mol. The molecule has 0 spiro atoms. The van der Waals surface area contributed by atoms with Crippen molar-refractivity contribution >= 4 is 21.4 Å². The Morgan fingerprint density at radius 1 is 1.47 bits per heavy atom. The summed E-state index contributed by atoms with van der Waals surface area (Å²) in [6.45, 7) is 2.45. The minimum atomic E-state index is -3.47. The van der Waals surface area contributed by atoms with Crippen LogP contribution in [0.15, 0.2) is 33.8 Å². The maximum atomic E-state index is 12.1. The fourth-order valence-corrected chi connectivity index (χ4v) is 4.28. The number of furan rings is 1. The van der Waals surface area contributed by atoms with Crippen LogP contribution < -0.4 is 10.5 Å². The van der Waals surface area contributed by atoms with E-state index >= 15 is 0 Å². The van der Waals surface area contributed by atoms with Gasteiger partial charge in [-0.05, 0) is 25.1 Å². The van der Waals surface area contributed by atoms with Crippen LogP contribution in [0.2, 0.25) is 0 Å². The van der Waals surface area contributed by atoms with E-state index in [0.29, 0.717) is 24.4 Å². The van der Waals surface area contributed by atoms with Gasteiger partial charge in [0.25, 0.3) is 0 Å². The topological polar surface area (TPSA) is 85.3 Å². The molecule has 0 atom stereocenters.